The third kappa shape index (κ3) is 3.23. The minimum absolute atomic E-state index is 0.0205. The number of nitrogens with zero attached hydrogens (tertiary/aromatic N) is 2. The van der Waals surface area contributed by atoms with Crippen LogP contribution in [0.1, 0.15) is 23.2 Å². The van der Waals surface area contributed by atoms with Crippen LogP contribution in [-0.2, 0) is 6.42 Å². The molecule has 0 spiro atoms. The van der Waals surface area contributed by atoms with Crippen LogP contribution in [0.15, 0.2) is 30.3 Å². The van der Waals surface area contributed by atoms with Gasteiger partial charge in [0.15, 0.2) is 5.69 Å². The molecule has 0 aliphatic carbocycles. The fourth-order valence-electron chi connectivity index (χ4n) is 1.65. The molecular weight excluding hydrogens is 258 g/mol. The highest BCUT2D eigenvalue weighted by atomic mass is 16.5. The Morgan fingerprint density at radius 3 is 2.55 bits per heavy atom. The predicted octanol–water partition coefficient (Wildman–Crippen LogP) is 2.49. The van der Waals surface area contributed by atoms with E-state index >= 15 is 0 Å². The SMILES string of the molecule is CCc1nc(Nc2ccc(OC)cc2)cc(C(=O)O)n1. The van der Waals surface area contributed by atoms with Crippen LogP contribution in [0.4, 0.5) is 11.5 Å². The van der Waals surface area contributed by atoms with E-state index in [0.717, 1.165) is 11.4 Å². The van der Waals surface area contributed by atoms with Gasteiger partial charge in [0.05, 0.1) is 7.11 Å². The summed E-state index contributed by atoms with van der Waals surface area (Å²) in [4.78, 5) is 19.2. The number of aromatic carboxylic acids is 1. The lowest BCUT2D eigenvalue weighted by Gasteiger charge is -2.08. The van der Waals surface area contributed by atoms with Crippen molar-refractivity contribution < 1.29 is 14.6 Å². The van der Waals surface area contributed by atoms with Gasteiger partial charge in [-0.25, -0.2) is 14.8 Å². The molecule has 104 valence electrons. The molecule has 0 saturated carbocycles. The molecule has 0 aliphatic heterocycles. The topological polar surface area (TPSA) is 84.3 Å². The van der Waals surface area contributed by atoms with Crippen LogP contribution in [-0.4, -0.2) is 28.2 Å². The largest absolute Gasteiger partial charge is 0.497 e. The summed E-state index contributed by atoms with van der Waals surface area (Å²) in [6.45, 7) is 1.87. The molecule has 6 nitrogen and oxygen atoms in total. The van der Waals surface area contributed by atoms with Crippen LogP contribution in [0.2, 0.25) is 0 Å². The van der Waals surface area contributed by atoms with Gasteiger partial charge in [-0.15, -0.1) is 0 Å². The summed E-state index contributed by atoms with van der Waals surface area (Å²) in [6, 6.07) is 8.68. The van der Waals surface area contributed by atoms with Crippen LogP contribution < -0.4 is 10.1 Å². The zero-order valence-corrected chi connectivity index (χ0v) is 11.3. The van der Waals surface area contributed by atoms with Crippen molar-refractivity contribution in [3.8, 4) is 5.75 Å². The number of benzene rings is 1. The molecule has 1 aromatic carbocycles. The zero-order chi connectivity index (χ0) is 14.5. The molecule has 2 N–H and O–H groups in total. The molecule has 1 heterocycles. The zero-order valence-electron chi connectivity index (χ0n) is 11.3. The molecule has 0 radical (unpaired) electrons. The highest BCUT2D eigenvalue weighted by Gasteiger charge is 2.09. The molecule has 0 atom stereocenters. The molecule has 0 aliphatic rings. The summed E-state index contributed by atoms with van der Waals surface area (Å²) in [6.07, 6.45) is 0.568. The molecule has 6 heteroatoms. The summed E-state index contributed by atoms with van der Waals surface area (Å²) in [7, 11) is 1.60. The molecular formula is C14H15N3O3. The van der Waals surface area contributed by atoms with E-state index in [9.17, 15) is 4.79 Å². The number of aromatic nitrogens is 2. The molecule has 0 unspecified atom stereocenters. The van der Waals surface area contributed by atoms with E-state index in [1.807, 2.05) is 31.2 Å². The van der Waals surface area contributed by atoms with Crippen LogP contribution in [0, 0.1) is 0 Å². The number of carbonyl (C=O) groups is 1. The maximum absolute atomic E-state index is 11.0. The lowest BCUT2D eigenvalue weighted by atomic mass is 10.3. The number of anilines is 2. The van der Waals surface area contributed by atoms with E-state index in [0.29, 0.717) is 18.1 Å². The van der Waals surface area contributed by atoms with Crippen molar-refractivity contribution in [1.29, 1.82) is 0 Å². The molecule has 0 fully saturated rings. The normalized spacial score (nSPS) is 10.1. The minimum Gasteiger partial charge on any atom is -0.497 e. The highest BCUT2D eigenvalue weighted by Crippen LogP contribution is 2.19. The molecule has 0 amide bonds. The average molecular weight is 273 g/mol. The van der Waals surface area contributed by atoms with Crippen LogP contribution in [0.5, 0.6) is 5.75 Å². The van der Waals surface area contributed by atoms with Crippen molar-refractivity contribution in [1.82, 2.24) is 9.97 Å². The van der Waals surface area contributed by atoms with Crippen molar-refractivity contribution in [2.45, 2.75) is 13.3 Å². The van der Waals surface area contributed by atoms with Crippen molar-refractivity contribution in [2.75, 3.05) is 12.4 Å². The van der Waals surface area contributed by atoms with Gasteiger partial charge in [0, 0.05) is 18.2 Å². The standard InChI is InChI=1S/C14H15N3O3/c1-3-12-16-11(14(18)19)8-13(17-12)15-9-4-6-10(20-2)7-5-9/h4-8H,3H2,1-2H3,(H,18,19)(H,15,16,17). The second-order valence-corrected chi connectivity index (χ2v) is 4.07. The number of hydrogen-bond acceptors (Lipinski definition) is 5. The van der Waals surface area contributed by atoms with Gasteiger partial charge in [0.2, 0.25) is 0 Å². The summed E-state index contributed by atoms with van der Waals surface area (Å²) in [5.41, 5.74) is 0.774. The molecule has 1 aromatic heterocycles. The Labute approximate surface area is 116 Å². The first kappa shape index (κ1) is 13.8. The van der Waals surface area contributed by atoms with Crippen LogP contribution >= 0.6 is 0 Å². The van der Waals surface area contributed by atoms with Gasteiger partial charge in [0.25, 0.3) is 0 Å². The first-order valence-electron chi connectivity index (χ1n) is 6.14. The first-order valence-corrected chi connectivity index (χ1v) is 6.14. The summed E-state index contributed by atoms with van der Waals surface area (Å²) >= 11 is 0. The number of aryl methyl sites for hydroxylation is 1. The summed E-state index contributed by atoms with van der Waals surface area (Å²) < 4.78 is 5.08. The van der Waals surface area contributed by atoms with Crippen molar-refractivity contribution in [3.05, 3.63) is 41.9 Å². The number of ether oxygens (including phenoxy) is 1. The Hall–Kier alpha value is -2.63. The smallest absolute Gasteiger partial charge is 0.354 e. The highest BCUT2D eigenvalue weighted by molar-refractivity contribution is 5.86. The number of rotatable bonds is 5. The quantitative estimate of drug-likeness (QED) is 0.870. The minimum atomic E-state index is -1.07. The van der Waals surface area contributed by atoms with Crippen molar-refractivity contribution >= 4 is 17.5 Å². The van der Waals surface area contributed by atoms with E-state index in [1.54, 1.807) is 7.11 Å². The maximum atomic E-state index is 11.0. The number of carboxylic acids is 1. The van der Waals surface area contributed by atoms with Gasteiger partial charge in [-0.3, -0.25) is 0 Å². The van der Waals surface area contributed by atoms with Gasteiger partial charge in [0.1, 0.15) is 17.4 Å². The molecule has 2 rings (SSSR count). The molecule has 20 heavy (non-hydrogen) atoms. The van der Waals surface area contributed by atoms with Gasteiger partial charge >= 0.3 is 5.97 Å². The van der Waals surface area contributed by atoms with E-state index < -0.39 is 5.97 Å². The summed E-state index contributed by atoms with van der Waals surface area (Å²) in [5, 5.41) is 12.1. The molecule has 0 saturated heterocycles. The lowest BCUT2D eigenvalue weighted by Crippen LogP contribution is -2.07. The van der Waals surface area contributed by atoms with E-state index in [-0.39, 0.29) is 5.69 Å². The summed E-state index contributed by atoms with van der Waals surface area (Å²) in [5.74, 6) is 0.624. The number of hydrogen-bond donors (Lipinski definition) is 2. The Morgan fingerprint density at radius 1 is 1.30 bits per heavy atom. The fourth-order valence-corrected chi connectivity index (χ4v) is 1.65. The second-order valence-electron chi connectivity index (χ2n) is 4.07. The number of nitrogens with one attached hydrogen (secondary N) is 1. The van der Waals surface area contributed by atoms with E-state index in [2.05, 4.69) is 15.3 Å². The van der Waals surface area contributed by atoms with Gasteiger partial charge in [-0.1, -0.05) is 6.92 Å². The Balaban J connectivity index is 2.27. The Kier molecular flexibility index (Phi) is 4.14. The third-order valence-corrected chi connectivity index (χ3v) is 2.67. The fraction of sp³-hybridized carbons (Fsp3) is 0.214. The maximum Gasteiger partial charge on any atom is 0.354 e. The third-order valence-electron chi connectivity index (χ3n) is 2.67. The lowest BCUT2D eigenvalue weighted by molar-refractivity contribution is 0.0690. The monoisotopic (exact) mass is 273 g/mol. The Bertz CT molecular complexity index is 612. The van der Waals surface area contributed by atoms with Gasteiger partial charge < -0.3 is 15.2 Å². The number of carboxylic acid groups (broad SMARTS) is 1. The van der Waals surface area contributed by atoms with Gasteiger partial charge in [-0.2, -0.15) is 0 Å². The molecule has 2 aromatic rings. The second kappa shape index (κ2) is 6.01. The van der Waals surface area contributed by atoms with Crippen molar-refractivity contribution in [3.63, 3.8) is 0 Å². The van der Waals surface area contributed by atoms with E-state index in [4.69, 9.17) is 9.84 Å². The average Bonchev–Trinajstić information content (AvgIpc) is 2.47. The van der Waals surface area contributed by atoms with Crippen LogP contribution in [0.25, 0.3) is 0 Å². The van der Waals surface area contributed by atoms with Crippen LogP contribution in [0.3, 0.4) is 0 Å². The van der Waals surface area contributed by atoms with E-state index in [1.165, 1.54) is 6.07 Å². The first-order chi connectivity index (χ1) is 9.62. The molecule has 0 bridgehead atoms. The van der Waals surface area contributed by atoms with Gasteiger partial charge in [-0.05, 0) is 24.3 Å². The Morgan fingerprint density at radius 2 is 2.00 bits per heavy atom. The predicted molar refractivity (Wildman–Crippen MR) is 74.6 cm³/mol. The number of methoxy groups -OCH3 is 1. The van der Waals surface area contributed by atoms with Crippen molar-refractivity contribution in [2.24, 2.45) is 0 Å².